The average molecular weight is 238 g/mol. The lowest BCUT2D eigenvalue weighted by Crippen LogP contribution is -2.43. The number of likely N-dealkylation sites (tertiary alicyclic amines) is 1. The summed E-state index contributed by atoms with van der Waals surface area (Å²) in [6.45, 7) is 5.64. The molecule has 2 heterocycles. The number of hydrogen-bond donors (Lipinski definition) is 1. The highest BCUT2D eigenvalue weighted by Crippen LogP contribution is 2.18. The highest BCUT2D eigenvalue weighted by Gasteiger charge is 2.22. The summed E-state index contributed by atoms with van der Waals surface area (Å²) in [6.07, 6.45) is 4.87. The Morgan fingerprint density at radius 3 is 3.24 bits per heavy atom. The molecule has 1 aliphatic heterocycles. The van der Waals surface area contributed by atoms with Gasteiger partial charge in [0, 0.05) is 25.6 Å². The summed E-state index contributed by atoms with van der Waals surface area (Å²) in [4.78, 5) is 6.43. The summed E-state index contributed by atoms with van der Waals surface area (Å²) >= 11 is 0. The van der Waals surface area contributed by atoms with Crippen LogP contribution < -0.4 is 5.32 Å². The SMILES string of the molecule is CC(NCCc1ncon1)C1CCCN(C)C1. The standard InChI is InChI=1S/C12H22N4O/c1-10(11-4-3-7-16(2)8-11)13-6-5-12-14-9-17-15-12/h9-11,13H,3-8H2,1-2H3. The zero-order valence-electron chi connectivity index (χ0n) is 10.7. The molecule has 1 aliphatic rings. The van der Waals surface area contributed by atoms with Crippen LogP contribution in [0.15, 0.2) is 10.9 Å². The van der Waals surface area contributed by atoms with Crippen LogP contribution >= 0.6 is 0 Å². The van der Waals surface area contributed by atoms with E-state index in [2.05, 4.69) is 34.3 Å². The van der Waals surface area contributed by atoms with Gasteiger partial charge in [-0.2, -0.15) is 4.98 Å². The lowest BCUT2D eigenvalue weighted by Gasteiger charge is -2.33. The fourth-order valence-corrected chi connectivity index (χ4v) is 2.50. The van der Waals surface area contributed by atoms with Crippen molar-refractivity contribution < 1.29 is 4.52 Å². The molecule has 2 atom stereocenters. The first kappa shape index (κ1) is 12.5. The minimum Gasteiger partial charge on any atom is -0.343 e. The molecule has 0 spiro atoms. The van der Waals surface area contributed by atoms with Gasteiger partial charge in [0.15, 0.2) is 5.82 Å². The third kappa shape index (κ3) is 3.78. The van der Waals surface area contributed by atoms with Crippen LogP contribution in [0.25, 0.3) is 0 Å². The number of nitrogens with one attached hydrogen (secondary N) is 1. The second-order valence-corrected chi connectivity index (χ2v) is 5.00. The van der Waals surface area contributed by atoms with Gasteiger partial charge in [0.2, 0.25) is 6.39 Å². The molecule has 0 saturated carbocycles. The fraction of sp³-hybridized carbons (Fsp3) is 0.833. The molecule has 1 fully saturated rings. The fourth-order valence-electron chi connectivity index (χ4n) is 2.50. The number of rotatable bonds is 5. The van der Waals surface area contributed by atoms with Crippen LogP contribution in [0, 0.1) is 5.92 Å². The van der Waals surface area contributed by atoms with Gasteiger partial charge in [-0.05, 0) is 39.3 Å². The van der Waals surface area contributed by atoms with Crippen LogP contribution in [0.2, 0.25) is 0 Å². The summed E-state index contributed by atoms with van der Waals surface area (Å²) in [7, 11) is 2.21. The van der Waals surface area contributed by atoms with Crippen LogP contribution in [-0.2, 0) is 6.42 Å². The maximum Gasteiger partial charge on any atom is 0.213 e. The average Bonchev–Trinajstić information content (AvgIpc) is 2.82. The first-order valence-corrected chi connectivity index (χ1v) is 6.43. The quantitative estimate of drug-likeness (QED) is 0.827. The van der Waals surface area contributed by atoms with E-state index in [9.17, 15) is 0 Å². The topological polar surface area (TPSA) is 54.2 Å². The molecular formula is C12H22N4O. The number of piperidine rings is 1. The molecule has 96 valence electrons. The van der Waals surface area contributed by atoms with Gasteiger partial charge in [-0.25, -0.2) is 0 Å². The third-order valence-electron chi connectivity index (χ3n) is 3.59. The molecule has 5 nitrogen and oxygen atoms in total. The summed E-state index contributed by atoms with van der Waals surface area (Å²) < 4.78 is 4.71. The molecule has 1 saturated heterocycles. The van der Waals surface area contributed by atoms with Crippen LogP contribution in [-0.4, -0.2) is 47.8 Å². The first-order chi connectivity index (χ1) is 8.25. The van der Waals surface area contributed by atoms with Gasteiger partial charge in [0.1, 0.15) is 0 Å². The summed E-state index contributed by atoms with van der Waals surface area (Å²) in [6, 6.07) is 0.560. The van der Waals surface area contributed by atoms with Crippen LogP contribution in [0.3, 0.4) is 0 Å². The van der Waals surface area contributed by atoms with E-state index in [1.807, 2.05) is 0 Å². The smallest absolute Gasteiger partial charge is 0.213 e. The molecule has 0 bridgehead atoms. The molecular weight excluding hydrogens is 216 g/mol. The van der Waals surface area contributed by atoms with Crippen molar-refractivity contribution in [3.63, 3.8) is 0 Å². The summed E-state index contributed by atoms with van der Waals surface area (Å²) in [5.74, 6) is 1.55. The van der Waals surface area contributed by atoms with Gasteiger partial charge < -0.3 is 14.7 Å². The first-order valence-electron chi connectivity index (χ1n) is 6.43. The number of hydrogen-bond acceptors (Lipinski definition) is 5. The van der Waals surface area contributed by atoms with E-state index in [0.29, 0.717) is 6.04 Å². The molecule has 17 heavy (non-hydrogen) atoms. The van der Waals surface area contributed by atoms with Crippen molar-refractivity contribution in [2.45, 2.75) is 32.2 Å². The monoisotopic (exact) mass is 238 g/mol. The largest absolute Gasteiger partial charge is 0.343 e. The Labute approximate surface area is 103 Å². The molecule has 0 radical (unpaired) electrons. The van der Waals surface area contributed by atoms with Crippen LogP contribution in [0.4, 0.5) is 0 Å². The second kappa shape index (κ2) is 6.12. The van der Waals surface area contributed by atoms with Crippen molar-refractivity contribution in [1.82, 2.24) is 20.4 Å². The number of nitrogens with zero attached hydrogens (tertiary/aromatic N) is 3. The zero-order chi connectivity index (χ0) is 12.1. The maximum absolute atomic E-state index is 4.71. The zero-order valence-corrected chi connectivity index (χ0v) is 10.7. The Kier molecular flexibility index (Phi) is 4.50. The highest BCUT2D eigenvalue weighted by molar-refractivity contribution is 4.82. The predicted octanol–water partition coefficient (Wildman–Crippen LogP) is 0.932. The van der Waals surface area contributed by atoms with Crippen molar-refractivity contribution in [1.29, 1.82) is 0 Å². The Morgan fingerprint density at radius 2 is 2.53 bits per heavy atom. The number of aromatic nitrogens is 2. The van der Waals surface area contributed by atoms with Gasteiger partial charge in [-0.1, -0.05) is 5.16 Å². The molecule has 2 unspecified atom stereocenters. The molecule has 5 heteroatoms. The van der Waals surface area contributed by atoms with E-state index in [-0.39, 0.29) is 0 Å². The van der Waals surface area contributed by atoms with Crippen LogP contribution in [0.5, 0.6) is 0 Å². The Hall–Kier alpha value is -0.940. The minimum atomic E-state index is 0.560. The van der Waals surface area contributed by atoms with Crippen molar-refractivity contribution in [2.75, 3.05) is 26.7 Å². The highest BCUT2D eigenvalue weighted by atomic mass is 16.5. The van der Waals surface area contributed by atoms with Gasteiger partial charge in [-0.3, -0.25) is 0 Å². The Morgan fingerprint density at radius 1 is 1.65 bits per heavy atom. The van der Waals surface area contributed by atoms with Gasteiger partial charge >= 0.3 is 0 Å². The lowest BCUT2D eigenvalue weighted by atomic mass is 9.92. The summed E-state index contributed by atoms with van der Waals surface area (Å²) in [5.41, 5.74) is 0. The molecule has 0 amide bonds. The van der Waals surface area contributed by atoms with Gasteiger partial charge in [-0.15, -0.1) is 0 Å². The predicted molar refractivity (Wildman–Crippen MR) is 65.7 cm³/mol. The molecule has 2 rings (SSSR count). The third-order valence-corrected chi connectivity index (χ3v) is 3.59. The van der Waals surface area contributed by atoms with Crippen molar-refractivity contribution >= 4 is 0 Å². The van der Waals surface area contributed by atoms with Crippen molar-refractivity contribution in [3.8, 4) is 0 Å². The van der Waals surface area contributed by atoms with E-state index in [1.165, 1.54) is 32.3 Å². The Balaban J connectivity index is 1.68. The van der Waals surface area contributed by atoms with Crippen LogP contribution in [0.1, 0.15) is 25.6 Å². The van der Waals surface area contributed by atoms with Gasteiger partial charge in [0.05, 0.1) is 0 Å². The maximum atomic E-state index is 4.71. The normalized spacial score (nSPS) is 23.8. The minimum absolute atomic E-state index is 0.560. The molecule has 1 aromatic rings. The lowest BCUT2D eigenvalue weighted by molar-refractivity contribution is 0.179. The molecule has 0 aromatic carbocycles. The van der Waals surface area contributed by atoms with E-state index in [1.54, 1.807) is 0 Å². The Bertz CT molecular complexity index is 314. The van der Waals surface area contributed by atoms with E-state index in [4.69, 9.17) is 4.52 Å². The van der Waals surface area contributed by atoms with Gasteiger partial charge in [0.25, 0.3) is 0 Å². The van der Waals surface area contributed by atoms with Crippen molar-refractivity contribution in [3.05, 3.63) is 12.2 Å². The van der Waals surface area contributed by atoms with Crippen molar-refractivity contribution in [2.24, 2.45) is 5.92 Å². The molecule has 0 aliphatic carbocycles. The van der Waals surface area contributed by atoms with E-state index in [0.717, 1.165) is 24.7 Å². The molecule has 1 aromatic heterocycles. The summed E-state index contributed by atoms with van der Waals surface area (Å²) in [5, 5.41) is 7.37. The van der Waals surface area contributed by atoms with E-state index < -0.39 is 0 Å². The molecule has 1 N–H and O–H groups in total. The second-order valence-electron chi connectivity index (χ2n) is 5.00. The van der Waals surface area contributed by atoms with E-state index >= 15 is 0 Å².